The molecule has 2 aromatic rings. The standard InChI is InChI=1S/C19H26N4O3S/c1-14-4-3-5-16(8-14)21-18-10-23(9-17(18)15-6-7-26-12-15)27(24,25)19-11-22(2)13-20-19/h3-5,8,11,13,15,17-18,21H,6-7,9-10,12H2,1-2H3/t15?,17-,18+/m0/s1. The molecule has 1 aromatic heterocycles. The quantitative estimate of drug-likeness (QED) is 0.843. The lowest BCUT2D eigenvalue weighted by Gasteiger charge is -2.25. The Bertz CT molecular complexity index is 905. The number of aromatic nitrogens is 2. The van der Waals surface area contributed by atoms with Crippen molar-refractivity contribution in [1.82, 2.24) is 13.9 Å². The van der Waals surface area contributed by atoms with Crippen molar-refractivity contribution in [3.8, 4) is 0 Å². The highest BCUT2D eigenvalue weighted by Gasteiger charge is 2.44. The number of nitrogens with zero attached hydrogens (tertiary/aromatic N) is 3. The third-order valence-electron chi connectivity index (χ3n) is 5.56. The van der Waals surface area contributed by atoms with Crippen molar-refractivity contribution in [2.24, 2.45) is 18.9 Å². The first-order valence-corrected chi connectivity index (χ1v) is 10.8. The summed E-state index contributed by atoms with van der Waals surface area (Å²) >= 11 is 0. The summed E-state index contributed by atoms with van der Waals surface area (Å²) in [7, 11) is -1.82. The zero-order valence-corrected chi connectivity index (χ0v) is 16.5. The van der Waals surface area contributed by atoms with Crippen LogP contribution in [0.5, 0.6) is 0 Å². The first kappa shape index (κ1) is 18.5. The fourth-order valence-electron chi connectivity index (χ4n) is 4.11. The molecule has 2 saturated heterocycles. The van der Waals surface area contributed by atoms with Crippen molar-refractivity contribution >= 4 is 15.7 Å². The topological polar surface area (TPSA) is 76.5 Å². The largest absolute Gasteiger partial charge is 0.381 e. The first-order valence-electron chi connectivity index (χ1n) is 9.32. The number of nitrogens with one attached hydrogen (secondary N) is 1. The van der Waals surface area contributed by atoms with E-state index in [0.29, 0.717) is 25.6 Å². The van der Waals surface area contributed by atoms with E-state index in [4.69, 9.17) is 4.74 Å². The lowest BCUT2D eigenvalue weighted by molar-refractivity contribution is 0.172. The van der Waals surface area contributed by atoms with Gasteiger partial charge >= 0.3 is 0 Å². The van der Waals surface area contributed by atoms with E-state index in [9.17, 15) is 8.42 Å². The van der Waals surface area contributed by atoms with E-state index in [1.807, 2.05) is 12.1 Å². The number of anilines is 1. The average Bonchev–Trinajstić information content (AvgIpc) is 3.34. The zero-order valence-electron chi connectivity index (χ0n) is 15.7. The monoisotopic (exact) mass is 390 g/mol. The summed E-state index contributed by atoms with van der Waals surface area (Å²) in [5, 5.41) is 3.69. The smallest absolute Gasteiger partial charge is 0.262 e. The fraction of sp³-hybridized carbons (Fsp3) is 0.526. The lowest BCUT2D eigenvalue weighted by Crippen LogP contribution is -2.33. The molecule has 0 radical (unpaired) electrons. The van der Waals surface area contributed by atoms with Gasteiger partial charge in [-0.2, -0.15) is 4.31 Å². The van der Waals surface area contributed by atoms with Gasteiger partial charge in [0, 0.05) is 51.3 Å². The predicted molar refractivity (Wildman–Crippen MR) is 103 cm³/mol. The Kier molecular flexibility index (Phi) is 4.96. The highest BCUT2D eigenvalue weighted by atomic mass is 32.2. The summed E-state index contributed by atoms with van der Waals surface area (Å²) in [5.74, 6) is 0.586. The molecule has 1 unspecified atom stereocenters. The van der Waals surface area contributed by atoms with Crippen molar-refractivity contribution < 1.29 is 13.2 Å². The van der Waals surface area contributed by atoms with Gasteiger partial charge in [-0.15, -0.1) is 0 Å². The minimum atomic E-state index is -3.59. The van der Waals surface area contributed by atoms with Gasteiger partial charge in [0.25, 0.3) is 10.0 Å². The Labute approximate surface area is 160 Å². The maximum Gasteiger partial charge on any atom is 0.262 e. The van der Waals surface area contributed by atoms with Gasteiger partial charge in [0.05, 0.1) is 6.33 Å². The number of sulfonamides is 1. The molecule has 1 N–H and O–H groups in total. The Hall–Kier alpha value is -1.90. The van der Waals surface area contributed by atoms with Gasteiger partial charge in [-0.1, -0.05) is 12.1 Å². The Morgan fingerprint density at radius 3 is 2.81 bits per heavy atom. The van der Waals surface area contributed by atoms with Crippen LogP contribution < -0.4 is 5.32 Å². The third kappa shape index (κ3) is 3.74. The molecule has 0 spiro atoms. The Morgan fingerprint density at radius 2 is 2.15 bits per heavy atom. The van der Waals surface area contributed by atoms with E-state index >= 15 is 0 Å². The van der Waals surface area contributed by atoms with Crippen LogP contribution in [0, 0.1) is 18.8 Å². The van der Waals surface area contributed by atoms with E-state index in [2.05, 4.69) is 29.4 Å². The maximum absolute atomic E-state index is 13.1. The first-order chi connectivity index (χ1) is 12.9. The predicted octanol–water partition coefficient (Wildman–Crippen LogP) is 1.87. The van der Waals surface area contributed by atoms with Crippen LogP contribution >= 0.6 is 0 Å². The average molecular weight is 391 g/mol. The van der Waals surface area contributed by atoms with Gasteiger partial charge in [-0.25, -0.2) is 13.4 Å². The van der Waals surface area contributed by atoms with Crippen LogP contribution in [0.3, 0.4) is 0 Å². The van der Waals surface area contributed by atoms with E-state index in [0.717, 1.165) is 18.7 Å². The fourth-order valence-corrected chi connectivity index (χ4v) is 5.58. The molecular formula is C19H26N4O3S. The van der Waals surface area contributed by atoms with Gasteiger partial charge in [0.15, 0.2) is 5.03 Å². The summed E-state index contributed by atoms with van der Waals surface area (Å²) in [4.78, 5) is 4.06. The number of benzene rings is 1. The summed E-state index contributed by atoms with van der Waals surface area (Å²) < 4.78 is 34.9. The molecule has 2 aliphatic heterocycles. The van der Waals surface area contributed by atoms with Crippen molar-refractivity contribution in [2.45, 2.75) is 24.4 Å². The number of imidazole rings is 1. The van der Waals surface area contributed by atoms with Crippen LogP contribution in [0.15, 0.2) is 41.8 Å². The van der Waals surface area contributed by atoms with Gasteiger partial charge < -0.3 is 14.6 Å². The van der Waals surface area contributed by atoms with Crippen LogP contribution in [-0.2, 0) is 21.8 Å². The number of aryl methyl sites for hydroxylation is 2. The molecule has 2 fully saturated rings. The molecule has 4 rings (SSSR count). The van der Waals surface area contributed by atoms with Gasteiger partial charge in [0.2, 0.25) is 0 Å². The molecule has 1 aromatic carbocycles. The minimum Gasteiger partial charge on any atom is -0.381 e. The molecule has 2 aliphatic rings. The Morgan fingerprint density at radius 1 is 1.30 bits per heavy atom. The van der Waals surface area contributed by atoms with Crippen LogP contribution in [0.2, 0.25) is 0 Å². The van der Waals surface area contributed by atoms with Gasteiger partial charge in [0.1, 0.15) is 0 Å². The van der Waals surface area contributed by atoms with E-state index < -0.39 is 10.0 Å². The summed E-state index contributed by atoms with van der Waals surface area (Å²) in [6.07, 6.45) is 4.06. The minimum absolute atomic E-state index is 0.0528. The molecule has 146 valence electrons. The molecule has 8 heteroatoms. The second-order valence-corrected chi connectivity index (χ2v) is 9.49. The second kappa shape index (κ2) is 7.26. The van der Waals surface area contributed by atoms with E-state index in [1.54, 1.807) is 22.1 Å². The number of hydrogen-bond acceptors (Lipinski definition) is 5. The van der Waals surface area contributed by atoms with Crippen molar-refractivity contribution in [3.05, 3.63) is 42.4 Å². The number of ether oxygens (including phenoxy) is 1. The summed E-state index contributed by atoms with van der Waals surface area (Å²) in [6.45, 7) is 4.45. The van der Waals surface area contributed by atoms with Crippen LogP contribution in [0.25, 0.3) is 0 Å². The molecule has 0 saturated carbocycles. The Balaban J connectivity index is 1.59. The van der Waals surface area contributed by atoms with Crippen LogP contribution in [0.4, 0.5) is 5.69 Å². The molecule has 0 bridgehead atoms. The maximum atomic E-state index is 13.1. The van der Waals surface area contributed by atoms with Crippen LogP contribution in [0.1, 0.15) is 12.0 Å². The number of rotatable bonds is 5. The molecule has 7 nitrogen and oxygen atoms in total. The van der Waals surface area contributed by atoms with E-state index in [1.165, 1.54) is 11.9 Å². The highest BCUT2D eigenvalue weighted by molar-refractivity contribution is 7.89. The SMILES string of the molecule is Cc1cccc(N[C@@H]2CN(S(=O)(=O)c3cn(C)cn3)C[C@H]2C2CCOC2)c1. The second-order valence-electron chi connectivity index (χ2n) is 7.61. The molecule has 3 atom stereocenters. The van der Waals surface area contributed by atoms with Crippen molar-refractivity contribution in [2.75, 3.05) is 31.6 Å². The molecule has 27 heavy (non-hydrogen) atoms. The summed E-state index contributed by atoms with van der Waals surface area (Å²) in [6, 6.07) is 8.25. The highest BCUT2D eigenvalue weighted by Crippen LogP contribution is 2.34. The van der Waals surface area contributed by atoms with E-state index in [-0.39, 0.29) is 17.0 Å². The van der Waals surface area contributed by atoms with Crippen molar-refractivity contribution in [3.63, 3.8) is 0 Å². The van der Waals surface area contributed by atoms with Gasteiger partial charge in [-0.3, -0.25) is 0 Å². The molecule has 0 amide bonds. The van der Waals surface area contributed by atoms with Gasteiger partial charge in [-0.05, 0) is 42.9 Å². The number of hydrogen-bond donors (Lipinski definition) is 1. The van der Waals surface area contributed by atoms with Crippen molar-refractivity contribution in [1.29, 1.82) is 0 Å². The van der Waals surface area contributed by atoms with Crippen LogP contribution in [-0.4, -0.2) is 54.6 Å². The summed E-state index contributed by atoms with van der Waals surface area (Å²) in [5.41, 5.74) is 2.21. The molecule has 3 heterocycles. The normalized spacial score (nSPS) is 26.5. The zero-order chi connectivity index (χ0) is 19.0. The third-order valence-corrected chi connectivity index (χ3v) is 7.27. The molecular weight excluding hydrogens is 364 g/mol. The lowest BCUT2D eigenvalue weighted by atomic mass is 9.87. The molecule has 0 aliphatic carbocycles.